The first kappa shape index (κ1) is 14.3. The fourth-order valence-corrected chi connectivity index (χ4v) is 2.07. The summed E-state index contributed by atoms with van der Waals surface area (Å²) in [6.07, 6.45) is 4.59. The van der Waals surface area contributed by atoms with Crippen LogP contribution in [-0.4, -0.2) is 27.5 Å². The van der Waals surface area contributed by atoms with E-state index in [0.29, 0.717) is 12.4 Å². The van der Waals surface area contributed by atoms with Crippen LogP contribution in [-0.2, 0) is 32.8 Å². The maximum atomic E-state index is 10.9. The normalized spacial score (nSPS) is 14.2. The Bertz CT molecular complexity index is 406. The first-order chi connectivity index (χ1) is 8.08. The van der Waals surface area contributed by atoms with Crippen LogP contribution in [0.15, 0.2) is 24.3 Å². The Labute approximate surface area is 107 Å². The molecule has 1 aromatic carbocycles. The summed E-state index contributed by atoms with van der Waals surface area (Å²) >= 11 is -2.50. The number of benzene rings is 1. The van der Waals surface area contributed by atoms with Gasteiger partial charge in [0.1, 0.15) is 5.75 Å². The fourth-order valence-electron chi connectivity index (χ4n) is 1.34. The van der Waals surface area contributed by atoms with Crippen LogP contribution in [0, 0.1) is 0 Å². The van der Waals surface area contributed by atoms with Crippen molar-refractivity contribution in [1.82, 2.24) is 0 Å². The van der Waals surface area contributed by atoms with Crippen molar-refractivity contribution >= 4 is 22.2 Å². The van der Waals surface area contributed by atoms with Crippen LogP contribution in [0.5, 0.6) is 5.75 Å². The van der Waals surface area contributed by atoms with E-state index in [2.05, 4.69) is 0 Å². The van der Waals surface area contributed by atoms with Crippen LogP contribution in [0.25, 0.3) is 0 Å². The standard InChI is InChI=1S/C11H16O4S2/c1-16(12)14-8-4-6-10-5-3-7-11(9-10)15-17(2)13/h3,5,7,9H,4,6,8H2,1-2H3. The summed E-state index contributed by atoms with van der Waals surface area (Å²) in [6.45, 7) is 0.466. The third kappa shape index (κ3) is 6.55. The summed E-state index contributed by atoms with van der Waals surface area (Å²) < 4.78 is 31.6. The molecule has 0 saturated carbocycles. The van der Waals surface area contributed by atoms with Crippen molar-refractivity contribution in [3.05, 3.63) is 29.8 Å². The number of aryl methyl sites for hydroxylation is 1. The Balaban J connectivity index is 2.42. The highest BCUT2D eigenvalue weighted by atomic mass is 32.2. The van der Waals surface area contributed by atoms with Gasteiger partial charge in [-0.15, -0.1) is 0 Å². The zero-order valence-corrected chi connectivity index (χ0v) is 11.5. The minimum absolute atomic E-state index is 0.466. The molecule has 0 aliphatic heterocycles. The molecule has 6 heteroatoms. The zero-order chi connectivity index (χ0) is 12.7. The van der Waals surface area contributed by atoms with Crippen molar-refractivity contribution < 1.29 is 16.8 Å². The average Bonchev–Trinajstić information content (AvgIpc) is 2.24. The Hall–Kier alpha value is -0.720. The van der Waals surface area contributed by atoms with Crippen molar-refractivity contribution in [3.8, 4) is 5.75 Å². The van der Waals surface area contributed by atoms with Crippen LogP contribution in [0.1, 0.15) is 12.0 Å². The molecular weight excluding hydrogens is 260 g/mol. The largest absolute Gasteiger partial charge is 0.401 e. The van der Waals surface area contributed by atoms with Gasteiger partial charge in [0.05, 0.1) is 6.61 Å². The molecule has 0 N–H and O–H groups in total. The molecule has 4 nitrogen and oxygen atoms in total. The highest BCUT2D eigenvalue weighted by Crippen LogP contribution is 2.15. The van der Waals surface area contributed by atoms with Crippen molar-refractivity contribution in [1.29, 1.82) is 0 Å². The molecule has 0 aliphatic carbocycles. The van der Waals surface area contributed by atoms with Crippen molar-refractivity contribution in [2.24, 2.45) is 0 Å². The van der Waals surface area contributed by atoms with Gasteiger partial charge in [0, 0.05) is 12.5 Å². The van der Waals surface area contributed by atoms with Crippen LogP contribution >= 0.6 is 0 Å². The highest BCUT2D eigenvalue weighted by Gasteiger charge is 2.00. The molecule has 0 aromatic heterocycles. The van der Waals surface area contributed by atoms with Crippen molar-refractivity contribution in [2.75, 3.05) is 19.1 Å². The van der Waals surface area contributed by atoms with Gasteiger partial charge in [0.25, 0.3) is 0 Å². The molecule has 0 radical (unpaired) electrons. The van der Waals surface area contributed by atoms with Crippen LogP contribution in [0.3, 0.4) is 0 Å². The maximum absolute atomic E-state index is 10.9. The molecule has 0 bridgehead atoms. The molecule has 17 heavy (non-hydrogen) atoms. The van der Waals surface area contributed by atoms with E-state index in [1.807, 2.05) is 18.2 Å². The SMILES string of the molecule is CS(=O)OCCCc1cccc(OS(C)=O)c1. The van der Waals surface area contributed by atoms with Gasteiger partial charge in [-0.25, -0.2) is 8.42 Å². The number of hydrogen-bond acceptors (Lipinski definition) is 4. The summed E-state index contributed by atoms with van der Waals surface area (Å²) in [7, 11) is 0. The van der Waals surface area contributed by atoms with E-state index in [9.17, 15) is 8.42 Å². The molecule has 2 atom stereocenters. The van der Waals surface area contributed by atoms with Crippen LogP contribution in [0.2, 0.25) is 0 Å². The molecular formula is C11H16O4S2. The molecule has 1 rings (SSSR count). The Morgan fingerprint density at radius 1 is 1.18 bits per heavy atom. The lowest BCUT2D eigenvalue weighted by Gasteiger charge is -2.05. The monoisotopic (exact) mass is 276 g/mol. The summed E-state index contributed by atoms with van der Waals surface area (Å²) in [6, 6.07) is 7.44. The van der Waals surface area contributed by atoms with E-state index >= 15 is 0 Å². The summed E-state index contributed by atoms with van der Waals surface area (Å²) in [5.41, 5.74) is 1.08. The molecule has 2 unspecified atom stereocenters. The van der Waals surface area contributed by atoms with Gasteiger partial charge in [-0.1, -0.05) is 12.1 Å². The molecule has 1 aromatic rings. The Kier molecular flexibility index (Phi) is 6.39. The Morgan fingerprint density at radius 2 is 1.94 bits per heavy atom. The van der Waals surface area contributed by atoms with Gasteiger partial charge in [-0.3, -0.25) is 4.18 Å². The van der Waals surface area contributed by atoms with E-state index in [0.717, 1.165) is 18.4 Å². The third-order valence-corrected chi connectivity index (χ3v) is 2.90. The van der Waals surface area contributed by atoms with Gasteiger partial charge in [-0.2, -0.15) is 0 Å². The summed E-state index contributed by atoms with van der Waals surface area (Å²) in [5, 5.41) is 0. The van der Waals surface area contributed by atoms with Crippen LogP contribution in [0.4, 0.5) is 0 Å². The summed E-state index contributed by atoms with van der Waals surface area (Å²) in [4.78, 5) is 0. The highest BCUT2D eigenvalue weighted by molar-refractivity contribution is 7.79. The first-order valence-corrected chi connectivity index (χ1v) is 8.12. The molecule has 0 spiro atoms. The minimum Gasteiger partial charge on any atom is -0.401 e. The van der Waals surface area contributed by atoms with Crippen molar-refractivity contribution in [3.63, 3.8) is 0 Å². The van der Waals surface area contributed by atoms with E-state index in [-0.39, 0.29) is 0 Å². The zero-order valence-electron chi connectivity index (χ0n) is 9.88. The molecule has 0 fully saturated rings. The minimum atomic E-state index is -1.30. The van der Waals surface area contributed by atoms with Gasteiger partial charge in [0.15, 0.2) is 11.1 Å². The quantitative estimate of drug-likeness (QED) is 0.710. The molecule has 0 amide bonds. The second kappa shape index (κ2) is 7.58. The lowest BCUT2D eigenvalue weighted by molar-refractivity contribution is 0.342. The van der Waals surface area contributed by atoms with Crippen LogP contribution < -0.4 is 4.18 Å². The smallest absolute Gasteiger partial charge is 0.203 e. The molecule has 0 heterocycles. The third-order valence-electron chi connectivity index (χ3n) is 1.97. The van der Waals surface area contributed by atoms with Crippen molar-refractivity contribution in [2.45, 2.75) is 12.8 Å². The topological polar surface area (TPSA) is 52.6 Å². The van der Waals surface area contributed by atoms with Gasteiger partial charge in [0.2, 0.25) is 11.1 Å². The summed E-state index contributed by atoms with van der Waals surface area (Å²) in [5.74, 6) is 0.600. The van der Waals surface area contributed by atoms with E-state index in [1.165, 1.54) is 12.5 Å². The van der Waals surface area contributed by atoms with Gasteiger partial charge in [-0.05, 0) is 30.5 Å². The van der Waals surface area contributed by atoms with E-state index in [1.54, 1.807) is 6.07 Å². The second-order valence-electron chi connectivity index (χ2n) is 3.46. The fraction of sp³-hybridized carbons (Fsp3) is 0.455. The average molecular weight is 276 g/mol. The van der Waals surface area contributed by atoms with E-state index < -0.39 is 22.2 Å². The predicted octanol–water partition coefficient (Wildman–Crippen LogP) is 1.60. The molecule has 96 valence electrons. The number of hydrogen-bond donors (Lipinski definition) is 0. The predicted molar refractivity (Wildman–Crippen MR) is 69.5 cm³/mol. The van der Waals surface area contributed by atoms with Gasteiger partial charge >= 0.3 is 0 Å². The Morgan fingerprint density at radius 3 is 2.59 bits per heavy atom. The second-order valence-corrected chi connectivity index (χ2v) is 5.47. The lowest BCUT2D eigenvalue weighted by Crippen LogP contribution is -2.00. The lowest BCUT2D eigenvalue weighted by atomic mass is 10.1. The van der Waals surface area contributed by atoms with Gasteiger partial charge < -0.3 is 4.18 Å². The molecule has 0 saturated heterocycles. The maximum Gasteiger partial charge on any atom is 0.203 e. The molecule has 0 aliphatic rings. The van der Waals surface area contributed by atoms with E-state index in [4.69, 9.17) is 8.37 Å². The first-order valence-electron chi connectivity index (χ1n) is 5.15. The number of rotatable bonds is 7.